The molecule has 0 saturated carbocycles. The molecular formula is C17H16N4O4S. The zero-order valence-electron chi connectivity index (χ0n) is 13.9. The molecule has 0 fully saturated rings. The van der Waals surface area contributed by atoms with E-state index in [1.165, 1.54) is 28.7 Å². The number of carbonyl (C=O) groups is 2. The van der Waals surface area contributed by atoms with Crippen LogP contribution in [-0.4, -0.2) is 38.1 Å². The van der Waals surface area contributed by atoms with Gasteiger partial charge in [-0.2, -0.15) is 0 Å². The molecule has 3 aromatic rings. The van der Waals surface area contributed by atoms with E-state index in [4.69, 9.17) is 5.11 Å². The highest BCUT2D eigenvalue weighted by molar-refractivity contribution is 7.98. The van der Waals surface area contributed by atoms with Crippen molar-refractivity contribution < 1.29 is 14.7 Å². The molecule has 1 amide bonds. The number of thioether (sulfide) groups is 1. The number of aliphatic carboxylic acids is 1. The van der Waals surface area contributed by atoms with Crippen molar-refractivity contribution in [1.29, 1.82) is 0 Å². The first kappa shape index (κ1) is 17.7. The van der Waals surface area contributed by atoms with Crippen molar-refractivity contribution in [3.63, 3.8) is 0 Å². The molecule has 0 aliphatic carbocycles. The molecule has 0 aliphatic rings. The van der Waals surface area contributed by atoms with Gasteiger partial charge in [0.05, 0.1) is 0 Å². The topological polar surface area (TPSA) is 117 Å². The van der Waals surface area contributed by atoms with Crippen LogP contribution in [0.3, 0.4) is 0 Å². The number of carbonyl (C=O) groups excluding carboxylic acids is 1. The van der Waals surface area contributed by atoms with Crippen molar-refractivity contribution in [3.05, 3.63) is 63.6 Å². The number of carboxylic acid groups (broad SMARTS) is 1. The number of aromatic amines is 1. The lowest BCUT2D eigenvalue weighted by atomic mass is 10.2. The minimum absolute atomic E-state index is 0.159. The van der Waals surface area contributed by atoms with Gasteiger partial charge < -0.3 is 10.4 Å². The van der Waals surface area contributed by atoms with Crippen molar-refractivity contribution in [2.24, 2.45) is 0 Å². The van der Waals surface area contributed by atoms with Gasteiger partial charge in [0.1, 0.15) is 23.5 Å². The molecule has 0 saturated heterocycles. The number of H-pyrrole nitrogens is 1. The smallest absolute Gasteiger partial charge is 0.322 e. The fraction of sp³-hybridized carbons (Fsp3) is 0.176. The summed E-state index contributed by atoms with van der Waals surface area (Å²) in [4.78, 5) is 39.2. The van der Waals surface area contributed by atoms with Crippen LogP contribution >= 0.6 is 11.8 Å². The predicted molar refractivity (Wildman–Crippen MR) is 96.5 cm³/mol. The molecular weight excluding hydrogens is 356 g/mol. The minimum Gasteiger partial charge on any atom is -0.480 e. The zero-order valence-corrected chi connectivity index (χ0v) is 14.7. The van der Waals surface area contributed by atoms with Gasteiger partial charge in [-0.05, 0) is 12.5 Å². The van der Waals surface area contributed by atoms with Crippen LogP contribution in [0.25, 0.3) is 5.65 Å². The van der Waals surface area contributed by atoms with Crippen molar-refractivity contribution in [2.45, 2.75) is 17.7 Å². The van der Waals surface area contributed by atoms with Gasteiger partial charge in [0.25, 0.3) is 5.91 Å². The molecule has 0 aliphatic heterocycles. The van der Waals surface area contributed by atoms with Crippen LogP contribution in [0.15, 0.2) is 46.5 Å². The average molecular weight is 372 g/mol. The normalized spacial score (nSPS) is 10.8. The fourth-order valence-electron chi connectivity index (χ4n) is 2.49. The first-order chi connectivity index (χ1) is 12.5. The largest absolute Gasteiger partial charge is 0.480 e. The number of nitrogens with zero attached hydrogens (tertiary/aromatic N) is 2. The molecule has 2 heterocycles. The number of hydrogen-bond donors (Lipinski definition) is 3. The van der Waals surface area contributed by atoms with Crippen LogP contribution in [0.4, 0.5) is 0 Å². The molecule has 0 spiro atoms. The van der Waals surface area contributed by atoms with E-state index in [0.29, 0.717) is 10.8 Å². The van der Waals surface area contributed by atoms with Crippen LogP contribution in [0.1, 0.15) is 21.5 Å². The minimum atomic E-state index is -1.19. The Morgan fingerprint density at radius 3 is 2.88 bits per heavy atom. The van der Waals surface area contributed by atoms with Crippen LogP contribution in [0.2, 0.25) is 0 Å². The number of nitrogens with one attached hydrogen (secondary N) is 2. The number of hydrogen-bond acceptors (Lipinski definition) is 5. The molecule has 0 atom stereocenters. The third-order valence-electron chi connectivity index (χ3n) is 3.63. The molecule has 3 rings (SSSR count). The number of carboxylic acids is 1. The second-order valence-electron chi connectivity index (χ2n) is 5.62. The summed E-state index contributed by atoms with van der Waals surface area (Å²) in [7, 11) is 0. The lowest BCUT2D eigenvalue weighted by molar-refractivity contribution is -0.135. The van der Waals surface area contributed by atoms with Crippen molar-refractivity contribution in [1.82, 2.24) is 19.9 Å². The third-order valence-corrected chi connectivity index (χ3v) is 4.70. The summed E-state index contributed by atoms with van der Waals surface area (Å²) in [6, 6.07) is 9.39. The Hall–Kier alpha value is -3.07. The van der Waals surface area contributed by atoms with E-state index in [1.54, 1.807) is 0 Å². The van der Waals surface area contributed by atoms with Gasteiger partial charge in [-0.25, -0.2) is 9.50 Å². The molecule has 0 bridgehead atoms. The highest BCUT2D eigenvalue weighted by atomic mass is 32.2. The lowest BCUT2D eigenvalue weighted by Crippen LogP contribution is -2.33. The Labute approximate surface area is 152 Å². The van der Waals surface area contributed by atoms with E-state index in [9.17, 15) is 14.4 Å². The Bertz CT molecular complexity index is 1040. The summed E-state index contributed by atoms with van der Waals surface area (Å²) >= 11 is 1.44. The zero-order chi connectivity index (χ0) is 18.7. The quantitative estimate of drug-likeness (QED) is 0.564. The average Bonchev–Trinajstić information content (AvgIpc) is 3.07. The monoisotopic (exact) mass is 372 g/mol. The molecule has 3 N–H and O–H groups in total. The molecule has 0 unspecified atom stereocenters. The van der Waals surface area contributed by atoms with Gasteiger partial charge in [0.2, 0.25) is 0 Å². The third kappa shape index (κ3) is 3.77. The van der Waals surface area contributed by atoms with Gasteiger partial charge in [-0.3, -0.25) is 19.5 Å². The van der Waals surface area contributed by atoms with E-state index in [-0.39, 0.29) is 11.2 Å². The van der Waals surface area contributed by atoms with Crippen LogP contribution in [0.5, 0.6) is 0 Å². The Balaban J connectivity index is 1.90. The first-order valence-corrected chi connectivity index (χ1v) is 8.72. The van der Waals surface area contributed by atoms with Crippen LogP contribution in [0, 0.1) is 6.92 Å². The van der Waals surface area contributed by atoms with E-state index in [0.717, 1.165) is 11.1 Å². The standard InChI is InChI=1S/C17H16N4O4S/c1-10-3-2-4-11(5-10)8-26-13-6-12(22)15(16-19-9-20-21(13)16)17(25)18-7-14(23)24/h2-6,9H,7-8H2,1H3,(H,18,25)(H,19,20)(H,23,24). The van der Waals surface area contributed by atoms with E-state index in [1.807, 2.05) is 25.1 Å². The highest BCUT2D eigenvalue weighted by Gasteiger charge is 2.19. The molecule has 1 aromatic carbocycles. The first-order valence-electron chi connectivity index (χ1n) is 7.73. The van der Waals surface area contributed by atoms with Crippen molar-refractivity contribution in [3.8, 4) is 0 Å². The number of amides is 1. The number of aryl methyl sites for hydroxylation is 1. The summed E-state index contributed by atoms with van der Waals surface area (Å²) in [5, 5.41) is 14.3. The van der Waals surface area contributed by atoms with Crippen molar-refractivity contribution >= 4 is 29.3 Å². The Kier molecular flexibility index (Phi) is 5.08. The molecule has 2 aromatic heterocycles. The number of fused-ring (bicyclic) bond motifs is 1. The second-order valence-corrected chi connectivity index (χ2v) is 6.62. The summed E-state index contributed by atoms with van der Waals surface area (Å²) in [5.74, 6) is -1.31. The summed E-state index contributed by atoms with van der Waals surface area (Å²) in [5.41, 5.74) is 1.72. The van der Waals surface area contributed by atoms with Gasteiger partial charge in [-0.1, -0.05) is 29.8 Å². The molecule has 26 heavy (non-hydrogen) atoms. The van der Waals surface area contributed by atoms with Gasteiger partial charge in [0.15, 0.2) is 11.1 Å². The van der Waals surface area contributed by atoms with E-state index in [2.05, 4.69) is 21.5 Å². The van der Waals surface area contributed by atoms with Gasteiger partial charge in [-0.15, -0.1) is 11.8 Å². The maximum Gasteiger partial charge on any atom is 0.322 e. The number of pyridine rings is 1. The predicted octanol–water partition coefficient (Wildman–Crippen LogP) is 1.44. The summed E-state index contributed by atoms with van der Waals surface area (Å²) in [6.07, 6.45) is 1.37. The lowest BCUT2D eigenvalue weighted by Gasteiger charge is -2.08. The number of aromatic nitrogens is 3. The van der Waals surface area contributed by atoms with E-state index < -0.39 is 23.9 Å². The number of rotatable bonds is 6. The Morgan fingerprint density at radius 1 is 1.35 bits per heavy atom. The second kappa shape index (κ2) is 7.44. The maximum absolute atomic E-state index is 12.4. The summed E-state index contributed by atoms with van der Waals surface area (Å²) in [6.45, 7) is 1.44. The summed E-state index contributed by atoms with van der Waals surface area (Å²) < 4.78 is 1.54. The molecule has 8 nitrogen and oxygen atoms in total. The molecule has 9 heteroatoms. The highest BCUT2D eigenvalue weighted by Crippen LogP contribution is 2.23. The van der Waals surface area contributed by atoms with Gasteiger partial charge >= 0.3 is 5.97 Å². The van der Waals surface area contributed by atoms with Crippen LogP contribution < -0.4 is 10.7 Å². The van der Waals surface area contributed by atoms with Crippen molar-refractivity contribution in [2.75, 3.05) is 6.54 Å². The molecule has 0 radical (unpaired) electrons. The fourth-order valence-corrected chi connectivity index (χ4v) is 3.45. The Morgan fingerprint density at radius 2 is 2.15 bits per heavy atom. The van der Waals surface area contributed by atoms with Gasteiger partial charge in [0, 0.05) is 11.8 Å². The maximum atomic E-state index is 12.4. The SMILES string of the molecule is Cc1cccc(CSc2cc(=O)c(C(=O)NCC(=O)O)c3nc[nH]n23)c1. The number of benzene rings is 1. The van der Waals surface area contributed by atoms with E-state index >= 15 is 0 Å². The van der Waals surface area contributed by atoms with Crippen LogP contribution in [-0.2, 0) is 10.5 Å². The molecule has 134 valence electrons.